The van der Waals surface area contributed by atoms with Crippen LogP contribution in [0.4, 0.5) is 23.1 Å². The molecule has 2 aliphatic rings. The van der Waals surface area contributed by atoms with E-state index in [0.29, 0.717) is 5.95 Å². The van der Waals surface area contributed by atoms with Gasteiger partial charge in [0.25, 0.3) is 0 Å². The molecule has 158 valence electrons. The molecule has 0 unspecified atom stereocenters. The number of nitrogens with zero attached hydrogens (tertiary/aromatic N) is 4. The summed E-state index contributed by atoms with van der Waals surface area (Å²) in [7, 11) is 2.19. The van der Waals surface area contributed by atoms with E-state index in [0.717, 1.165) is 48.9 Å². The van der Waals surface area contributed by atoms with Crippen LogP contribution in [0, 0.1) is 0 Å². The summed E-state index contributed by atoms with van der Waals surface area (Å²) in [5.41, 5.74) is 3.79. The highest BCUT2D eigenvalue weighted by atomic mass is 32.1. The Balaban J connectivity index is 1.38. The van der Waals surface area contributed by atoms with Gasteiger partial charge in [-0.3, -0.25) is 0 Å². The first-order valence-corrected chi connectivity index (χ1v) is 11.8. The molecule has 0 atom stereocenters. The number of aryl methyl sites for hydroxylation is 1. The van der Waals surface area contributed by atoms with Crippen LogP contribution >= 0.6 is 11.3 Å². The number of thiophene rings is 1. The lowest BCUT2D eigenvalue weighted by Crippen LogP contribution is -2.44. The van der Waals surface area contributed by atoms with Gasteiger partial charge in [0.2, 0.25) is 5.95 Å². The average molecular weight is 423 g/mol. The van der Waals surface area contributed by atoms with Gasteiger partial charge in [-0.15, -0.1) is 11.3 Å². The zero-order valence-electron chi connectivity index (χ0n) is 18.0. The van der Waals surface area contributed by atoms with E-state index in [4.69, 9.17) is 9.97 Å². The molecular weight excluding hydrogens is 392 g/mol. The molecule has 6 nitrogen and oxygen atoms in total. The summed E-state index contributed by atoms with van der Waals surface area (Å²) in [6.07, 6.45) is 3.39. The van der Waals surface area contributed by atoms with Gasteiger partial charge in [0.1, 0.15) is 10.6 Å². The molecular formula is C23H30N6S. The van der Waals surface area contributed by atoms with Crippen LogP contribution in [0.1, 0.15) is 32.3 Å². The van der Waals surface area contributed by atoms with E-state index < -0.39 is 0 Å². The van der Waals surface area contributed by atoms with Crippen molar-refractivity contribution in [2.45, 2.75) is 38.6 Å². The Morgan fingerprint density at radius 2 is 1.80 bits per heavy atom. The van der Waals surface area contributed by atoms with E-state index in [9.17, 15) is 0 Å². The zero-order valence-corrected chi connectivity index (χ0v) is 18.9. The summed E-state index contributed by atoms with van der Waals surface area (Å²) < 4.78 is 0. The minimum Gasteiger partial charge on any atom is -0.369 e. The van der Waals surface area contributed by atoms with Crippen LogP contribution in [0.2, 0.25) is 0 Å². The van der Waals surface area contributed by atoms with Gasteiger partial charge < -0.3 is 20.4 Å². The number of rotatable bonds is 6. The molecule has 7 heteroatoms. The van der Waals surface area contributed by atoms with Crippen molar-refractivity contribution < 1.29 is 0 Å². The molecule has 0 spiro atoms. The van der Waals surface area contributed by atoms with E-state index in [2.05, 4.69) is 71.0 Å². The van der Waals surface area contributed by atoms with Gasteiger partial charge in [0.15, 0.2) is 0 Å². The molecule has 30 heavy (non-hydrogen) atoms. The first-order valence-electron chi connectivity index (χ1n) is 10.9. The maximum Gasteiger partial charge on any atom is 0.230 e. The Hall–Kier alpha value is -2.38. The van der Waals surface area contributed by atoms with Crippen LogP contribution in [-0.4, -0.2) is 53.6 Å². The standard InChI is InChI=1S/C23H30N6S/c1-4-16-15-30-21-19(16)20(27-23(2)9-10-23)25-22(26-21)24-17-5-7-18(8-6-17)29-13-11-28(3)12-14-29/h5-8,15H,4,9-14H2,1-3H3,(H2,24,25,26,27). The van der Waals surface area contributed by atoms with Crippen LogP contribution < -0.4 is 15.5 Å². The second-order valence-electron chi connectivity index (χ2n) is 8.84. The van der Waals surface area contributed by atoms with E-state index in [1.807, 2.05) is 0 Å². The van der Waals surface area contributed by atoms with Crippen molar-refractivity contribution in [1.29, 1.82) is 0 Å². The summed E-state index contributed by atoms with van der Waals surface area (Å²) >= 11 is 1.70. The first kappa shape index (κ1) is 19.6. The summed E-state index contributed by atoms with van der Waals surface area (Å²) in [4.78, 5) is 15.6. The quantitative estimate of drug-likeness (QED) is 0.600. The Bertz CT molecular complexity index is 1030. The van der Waals surface area contributed by atoms with Crippen LogP contribution in [0.5, 0.6) is 0 Å². The summed E-state index contributed by atoms with van der Waals surface area (Å²) in [5.74, 6) is 1.63. The molecule has 0 amide bonds. The normalized spacial score (nSPS) is 18.6. The van der Waals surface area contributed by atoms with Gasteiger partial charge in [-0.05, 0) is 68.4 Å². The fourth-order valence-electron chi connectivity index (χ4n) is 3.95. The molecule has 1 saturated heterocycles. The monoisotopic (exact) mass is 422 g/mol. The van der Waals surface area contributed by atoms with E-state index in [1.165, 1.54) is 29.5 Å². The van der Waals surface area contributed by atoms with Crippen LogP contribution in [0.15, 0.2) is 29.6 Å². The minimum absolute atomic E-state index is 0.176. The van der Waals surface area contributed by atoms with Gasteiger partial charge in [0, 0.05) is 43.1 Å². The molecule has 1 aliphatic carbocycles. The van der Waals surface area contributed by atoms with Crippen molar-refractivity contribution in [2.75, 3.05) is 48.8 Å². The van der Waals surface area contributed by atoms with Crippen molar-refractivity contribution in [1.82, 2.24) is 14.9 Å². The molecule has 1 aliphatic heterocycles. The third kappa shape index (κ3) is 3.96. The Kier molecular flexibility index (Phi) is 5.03. The predicted octanol–water partition coefficient (Wildman–Crippen LogP) is 4.71. The molecule has 0 bridgehead atoms. The molecule has 2 N–H and O–H groups in total. The summed E-state index contributed by atoms with van der Waals surface area (Å²) in [6, 6.07) is 8.64. The number of piperazine rings is 1. The van der Waals surface area contributed by atoms with Crippen molar-refractivity contribution >= 4 is 44.7 Å². The maximum atomic E-state index is 4.88. The van der Waals surface area contributed by atoms with Gasteiger partial charge in [-0.25, -0.2) is 4.98 Å². The number of hydrogen-bond acceptors (Lipinski definition) is 7. The second-order valence-corrected chi connectivity index (χ2v) is 9.70. The molecule has 3 aromatic rings. The molecule has 1 saturated carbocycles. The second kappa shape index (κ2) is 7.71. The molecule has 2 fully saturated rings. The van der Waals surface area contributed by atoms with Gasteiger partial charge >= 0.3 is 0 Å². The number of benzene rings is 1. The number of fused-ring (bicyclic) bond motifs is 1. The summed E-state index contributed by atoms with van der Waals surface area (Å²) in [6.45, 7) is 8.84. The number of aromatic nitrogens is 2. The Labute approximate surface area is 182 Å². The highest BCUT2D eigenvalue weighted by molar-refractivity contribution is 7.17. The number of nitrogens with one attached hydrogen (secondary N) is 2. The third-order valence-electron chi connectivity index (χ3n) is 6.30. The van der Waals surface area contributed by atoms with E-state index in [1.54, 1.807) is 11.3 Å². The van der Waals surface area contributed by atoms with E-state index >= 15 is 0 Å². The molecule has 1 aromatic carbocycles. The highest BCUT2D eigenvalue weighted by Gasteiger charge is 2.38. The smallest absolute Gasteiger partial charge is 0.230 e. The molecule has 2 aromatic heterocycles. The fraction of sp³-hybridized carbons (Fsp3) is 0.478. The van der Waals surface area contributed by atoms with Crippen molar-refractivity contribution in [3.8, 4) is 0 Å². The molecule has 3 heterocycles. The van der Waals surface area contributed by atoms with Crippen LogP contribution in [-0.2, 0) is 6.42 Å². The zero-order chi connectivity index (χ0) is 20.7. The molecule has 5 rings (SSSR count). The predicted molar refractivity (Wildman–Crippen MR) is 127 cm³/mol. The first-order chi connectivity index (χ1) is 14.5. The Morgan fingerprint density at radius 3 is 2.47 bits per heavy atom. The largest absolute Gasteiger partial charge is 0.369 e. The lowest BCUT2D eigenvalue weighted by Gasteiger charge is -2.34. The van der Waals surface area contributed by atoms with Gasteiger partial charge in [-0.2, -0.15) is 4.98 Å². The maximum absolute atomic E-state index is 4.88. The van der Waals surface area contributed by atoms with Crippen LogP contribution in [0.25, 0.3) is 10.2 Å². The fourth-order valence-corrected chi connectivity index (χ4v) is 4.98. The van der Waals surface area contributed by atoms with Gasteiger partial charge in [0.05, 0.1) is 5.39 Å². The summed E-state index contributed by atoms with van der Waals surface area (Å²) in [5, 5.41) is 10.5. The Morgan fingerprint density at radius 1 is 1.07 bits per heavy atom. The highest BCUT2D eigenvalue weighted by Crippen LogP contribution is 2.41. The minimum atomic E-state index is 0.176. The van der Waals surface area contributed by atoms with Crippen LogP contribution in [0.3, 0.4) is 0 Å². The van der Waals surface area contributed by atoms with Crippen molar-refractivity contribution in [3.05, 3.63) is 35.2 Å². The topological polar surface area (TPSA) is 56.3 Å². The number of hydrogen-bond donors (Lipinski definition) is 2. The average Bonchev–Trinajstić information content (AvgIpc) is 3.32. The van der Waals surface area contributed by atoms with Crippen molar-refractivity contribution in [2.24, 2.45) is 0 Å². The lowest BCUT2D eigenvalue weighted by molar-refractivity contribution is 0.313. The number of anilines is 4. The lowest BCUT2D eigenvalue weighted by atomic mass is 10.2. The third-order valence-corrected chi connectivity index (χ3v) is 7.22. The number of likely N-dealkylation sites (N-methyl/N-ethyl adjacent to an activating group) is 1. The molecule has 0 radical (unpaired) electrons. The van der Waals surface area contributed by atoms with Gasteiger partial charge in [-0.1, -0.05) is 6.92 Å². The SMILES string of the molecule is CCc1csc2nc(Nc3ccc(N4CCN(C)CC4)cc3)nc(NC3(C)CC3)c12. The van der Waals surface area contributed by atoms with E-state index in [-0.39, 0.29) is 5.54 Å². The van der Waals surface area contributed by atoms with Crippen molar-refractivity contribution in [3.63, 3.8) is 0 Å².